The van der Waals surface area contributed by atoms with Crippen LogP contribution in [-0.4, -0.2) is 83.2 Å². The van der Waals surface area contributed by atoms with Gasteiger partial charge in [0.05, 0.1) is 23.6 Å². The molecule has 0 aliphatic heterocycles. The van der Waals surface area contributed by atoms with Crippen LogP contribution in [0.4, 0.5) is 23.0 Å². The Balaban J connectivity index is 0.00000736. The van der Waals surface area contributed by atoms with E-state index in [4.69, 9.17) is 4.55 Å². The zero-order valence-corrected chi connectivity index (χ0v) is 26.7. The first-order valence-corrected chi connectivity index (χ1v) is 18.1. The molecule has 0 saturated heterocycles. The normalized spacial score (nSPS) is 12.4. The highest BCUT2D eigenvalue weighted by molar-refractivity contribution is 7.94. The van der Waals surface area contributed by atoms with Crippen molar-refractivity contribution in [2.45, 2.75) is 16.7 Å². The van der Waals surface area contributed by atoms with Crippen molar-refractivity contribution in [1.82, 2.24) is 4.98 Å². The first kappa shape index (κ1) is 38.1. The zero-order chi connectivity index (χ0) is 33.8. The number of nitriles is 1. The lowest BCUT2D eigenvalue weighted by molar-refractivity contribution is 0.278. The van der Waals surface area contributed by atoms with E-state index in [0.717, 1.165) is 29.7 Å². The van der Waals surface area contributed by atoms with Crippen LogP contribution in [0.5, 0.6) is 0 Å². The number of pyridine rings is 1. The Labute approximate surface area is 263 Å². The summed E-state index contributed by atoms with van der Waals surface area (Å²) in [6, 6.07) is 7.14. The molecule has 7 N–H and O–H groups in total. The number of nitrogens with zero attached hydrogens (tertiary/aromatic N) is 4. The minimum Gasteiger partial charge on any atom is -0.412 e. The largest absolute Gasteiger partial charge is 0.412 e. The number of azo groups is 1. The van der Waals surface area contributed by atoms with Gasteiger partial charge >= 0.3 is 10.4 Å². The van der Waals surface area contributed by atoms with Gasteiger partial charge in [0.1, 0.15) is 27.4 Å². The van der Waals surface area contributed by atoms with Gasteiger partial charge in [-0.2, -0.15) is 35.6 Å². The molecule has 0 aliphatic rings. The van der Waals surface area contributed by atoms with E-state index < -0.39 is 62.6 Å². The molecule has 0 spiro atoms. The predicted octanol–water partition coefficient (Wildman–Crippen LogP) is 1.70. The lowest BCUT2D eigenvalue weighted by atomic mass is 10.1. The fourth-order valence-corrected chi connectivity index (χ4v) is 6.10. The van der Waals surface area contributed by atoms with E-state index >= 15 is 0 Å². The number of sulfone groups is 1. The molecular weight excluding hydrogens is 697 g/mol. The van der Waals surface area contributed by atoms with E-state index in [1.165, 1.54) is 13.0 Å². The minimum atomic E-state index is -4.96. The number of aromatic nitrogens is 1. The molecule has 0 amide bonds. The van der Waals surface area contributed by atoms with Crippen molar-refractivity contribution >= 4 is 74.3 Å². The monoisotopic (exact) mass is 722 g/mol. The van der Waals surface area contributed by atoms with Crippen LogP contribution in [0.25, 0.3) is 10.8 Å². The lowest BCUT2D eigenvalue weighted by Crippen LogP contribution is -2.17. The van der Waals surface area contributed by atoms with Crippen LogP contribution in [-0.2, 0) is 44.7 Å². The number of nitrogens with one attached hydrogen (secondary N) is 2. The molecule has 0 aliphatic carbocycles. The van der Waals surface area contributed by atoms with Crippen molar-refractivity contribution in [2.75, 3.05) is 36.1 Å². The van der Waals surface area contributed by atoms with E-state index in [1.54, 1.807) is 0 Å². The summed E-state index contributed by atoms with van der Waals surface area (Å²) in [7, 11) is -18.3. The van der Waals surface area contributed by atoms with Crippen LogP contribution in [0, 0.1) is 18.3 Å². The summed E-state index contributed by atoms with van der Waals surface area (Å²) in [4.78, 5) is 2.77. The minimum absolute atomic E-state index is 0. The van der Waals surface area contributed by atoms with Gasteiger partial charge in [-0.1, -0.05) is 18.7 Å². The summed E-state index contributed by atoms with van der Waals surface area (Å²) in [6.45, 7) is 3.55. The average Bonchev–Trinajstić information content (AvgIpc) is 2.92. The number of anilines is 2. The Morgan fingerprint density at radius 2 is 1.57 bits per heavy atom. The van der Waals surface area contributed by atoms with Crippen molar-refractivity contribution in [3.63, 3.8) is 0 Å². The molecular formula is C23H26N6O13S4. The number of benzene rings is 2. The van der Waals surface area contributed by atoms with Crippen LogP contribution >= 0.6 is 0 Å². The Kier molecular flexibility index (Phi) is 12.0. The van der Waals surface area contributed by atoms with Gasteiger partial charge in [0.15, 0.2) is 15.7 Å². The summed E-state index contributed by atoms with van der Waals surface area (Å²) < 4.78 is 126. The van der Waals surface area contributed by atoms with Gasteiger partial charge in [0.25, 0.3) is 20.2 Å². The molecule has 23 heteroatoms. The second-order valence-corrected chi connectivity index (χ2v) is 14.8. The Bertz CT molecular complexity index is 2180. The third-order valence-corrected chi connectivity index (χ3v) is 9.36. The Morgan fingerprint density at radius 1 is 0.935 bits per heavy atom. The maximum Gasteiger partial charge on any atom is 0.397 e. The standard InChI is InChI=1S/C23H24N6O12S4.H2O/c1-3-42(30,31)10-8-26-23-21(14(2)18(13-24)22(27-23)25-7-9-41-45(38,39)40)29-28-15-11-17-16(20(12-15)44(35,36)37)5-4-6-19(17)43(32,33)34;/h3-6,11-12H,1,7-10H2,2H3,(H2,25,26,27)(H,32,33,34)(H,35,36,37)(H,38,39,40);1H2. The molecule has 0 fully saturated rings. The third kappa shape index (κ3) is 9.69. The average molecular weight is 723 g/mol. The zero-order valence-electron chi connectivity index (χ0n) is 23.4. The predicted molar refractivity (Wildman–Crippen MR) is 164 cm³/mol. The van der Waals surface area contributed by atoms with Crippen molar-refractivity contribution < 1.29 is 57.0 Å². The van der Waals surface area contributed by atoms with Crippen LogP contribution in [0.15, 0.2) is 62.3 Å². The molecule has 0 saturated carbocycles. The Morgan fingerprint density at radius 3 is 2.13 bits per heavy atom. The Hall–Kier alpha value is -4.12. The van der Waals surface area contributed by atoms with Gasteiger partial charge in [-0.15, -0.1) is 5.11 Å². The molecule has 1 aromatic heterocycles. The highest BCUT2D eigenvalue weighted by Gasteiger charge is 2.22. The van der Waals surface area contributed by atoms with Gasteiger partial charge in [0.2, 0.25) is 0 Å². The van der Waals surface area contributed by atoms with E-state index in [0.29, 0.717) is 0 Å². The molecule has 46 heavy (non-hydrogen) atoms. The van der Waals surface area contributed by atoms with Gasteiger partial charge in [-0.05, 0) is 25.1 Å². The summed E-state index contributed by atoms with van der Waals surface area (Å²) >= 11 is 0. The molecule has 3 aromatic rings. The molecule has 2 aromatic carbocycles. The molecule has 1 heterocycles. The summed E-state index contributed by atoms with van der Waals surface area (Å²) in [5.41, 5.74) is -0.517. The number of hydrogen-bond donors (Lipinski definition) is 5. The second-order valence-electron chi connectivity index (χ2n) is 8.85. The summed E-state index contributed by atoms with van der Waals surface area (Å²) in [5, 5.41) is 23.3. The highest BCUT2D eigenvalue weighted by Crippen LogP contribution is 2.37. The maximum atomic E-state index is 12.1. The SMILES string of the molecule is C=CS(=O)(=O)CCNc1nc(NCCOS(=O)(=O)O)c(C#N)c(C)c1N=Nc1cc(S(=O)(=O)O)c2cccc(S(=O)(=O)O)c2c1.O. The molecule has 19 nitrogen and oxygen atoms in total. The van der Waals surface area contributed by atoms with Crippen molar-refractivity contribution in [3.8, 4) is 6.07 Å². The molecule has 3 rings (SSSR count). The quantitative estimate of drug-likeness (QED) is 0.0897. The third-order valence-electron chi connectivity index (χ3n) is 5.81. The molecule has 0 radical (unpaired) electrons. The highest BCUT2D eigenvalue weighted by atomic mass is 32.3. The van der Waals surface area contributed by atoms with Crippen LogP contribution in [0.1, 0.15) is 11.1 Å². The van der Waals surface area contributed by atoms with Crippen molar-refractivity contribution in [2.24, 2.45) is 10.2 Å². The summed E-state index contributed by atoms with van der Waals surface area (Å²) in [6.07, 6.45) is 0. The number of hydrogen-bond acceptors (Lipinski definition) is 15. The van der Waals surface area contributed by atoms with Gasteiger partial charge in [0, 0.05) is 34.8 Å². The van der Waals surface area contributed by atoms with Gasteiger partial charge in [-0.3, -0.25) is 13.7 Å². The fraction of sp³-hybridized carbons (Fsp3) is 0.217. The van der Waals surface area contributed by atoms with Crippen molar-refractivity contribution in [1.29, 1.82) is 5.26 Å². The molecule has 0 bridgehead atoms. The topological polar surface area (TPSA) is 323 Å². The fourth-order valence-electron chi connectivity index (χ4n) is 3.83. The molecule has 0 unspecified atom stereocenters. The molecule has 0 atom stereocenters. The van der Waals surface area contributed by atoms with E-state index in [2.05, 4.69) is 36.6 Å². The van der Waals surface area contributed by atoms with Crippen LogP contribution in [0.3, 0.4) is 0 Å². The molecule has 250 valence electrons. The first-order chi connectivity index (χ1) is 20.8. The number of fused-ring (bicyclic) bond motifs is 1. The second kappa shape index (κ2) is 14.5. The van der Waals surface area contributed by atoms with E-state index in [-0.39, 0.29) is 63.5 Å². The van der Waals surface area contributed by atoms with E-state index in [9.17, 15) is 48.0 Å². The van der Waals surface area contributed by atoms with Crippen molar-refractivity contribution in [3.05, 3.63) is 53.4 Å². The van der Waals surface area contributed by atoms with E-state index in [1.807, 2.05) is 6.07 Å². The van der Waals surface area contributed by atoms with Gasteiger partial charge < -0.3 is 16.1 Å². The smallest absolute Gasteiger partial charge is 0.397 e. The first-order valence-electron chi connectivity index (χ1n) is 12.1. The van der Waals surface area contributed by atoms with Gasteiger partial charge in [-0.25, -0.2) is 17.6 Å². The summed E-state index contributed by atoms with van der Waals surface area (Å²) in [5.74, 6) is -0.721. The van der Waals surface area contributed by atoms with Crippen LogP contribution < -0.4 is 10.6 Å². The van der Waals surface area contributed by atoms with Crippen LogP contribution in [0.2, 0.25) is 0 Å². The lowest BCUT2D eigenvalue weighted by Gasteiger charge is -2.15. The maximum absolute atomic E-state index is 12.1. The number of rotatable bonds is 14.